The fourth-order valence-electron chi connectivity index (χ4n) is 5.02. The Bertz CT molecular complexity index is 1240. The van der Waals surface area contributed by atoms with Gasteiger partial charge in [-0.25, -0.2) is 0 Å². The van der Waals surface area contributed by atoms with Crippen LogP contribution in [-0.2, 0) is 6.42 Å². The topological polar surface area (TPSA) is 53.6 Å². The van der Waals surface area contributed by atoms with Crippen molar-refractivity contribution in [2.75, 3.05) is 6.54 Å². The van der Waals surface area contributed by atoms with Gasteiger partial charge in [-0.15, -0.1) is 0 Å². The van der Waals surface area contributed by atoms with E-state index in [0.717, 1.165) is 35.7 Å². The molecule has 2 aromatic heterocycles. The number of nitrogens with zero attached hydrogens (tertiary/aromatic N) is 2. The first-order valence-corrected chi connectivity index (χ1v) is 13.8. The van der Waals surface area contributed by atoms with Crippen molar-refractivity contribution in [3.8, 4) is 11.3 Å². The first-order valence-electron chi connectivity index (χ1n) is 13.1. The first kappa shape index (κ1) is 27.4. The summed E-state index contributed by atoms with van der Waals surface area (Å²) in [6.07, 6.45) is 7.26. The second kappa shape index (κ2) is 13.2. The molecule has 5 rings (SSSR count). The molecule has 0 aliphatic heterocycles. The van der Waals surface area contributed by atoms with Crippen LogP contribution in [0.4, 0.5) is 0 Å². The highest BCUT2D eigenvalue weighted by molar-refractivity contribution is 6.42. The number of aromatic nitrogens is 3. The molecule has 6 heteroatoms. The molecule has 2 aromatic carbocycles. The average molecular weight is 536 g/mol. The van der Waals surface area contributed by atoms with Crippen molar-refractivity contribution in [1.29, 1.82) is 0 Å². The minimum absolute atomic E-state index is 0.517. The quantitative estimate of drug-likeness (QED) is 0.240. The number of aromatic amines is 1. The third kappa shape index (κ3) is 7.67. The van der Waals surface area contributed by atoms with Gasteiger partial charge in [-0.3, -0.25) is 10.1 Å². The zero-order valence-corrected chi connectivity index (χ0v) is 23.3. The highest BCUT2D eigenvalue weighted by Gasteiger charge is 2.39. The van der Waals surface area contributed by atoms with Crippen molar-refractivity contribution < 1.29 is 0 Å². The van der Waals surface area contributed by atoms with E-state index in [2.05, 4.69) is 76.8 Å². The molecule has 1 aliphatic carbocycles. The van der Waals surface area contributed by atoms with Gasteiger partial charge in [0.1, 0.15) is 0 Å². The Morgan fingerprint density at radius 2 is 1.84 bits per heavy atom. The Balaban J connectivity index is 0.000000301. The molecule has 4 unspecified atom stereocenters. The molecule has 4 nitrogen and oxygen atoms in total. The first-order chi connectivity index (χ1) is 17.9. The molecule has 0 saturated heterocycles. The maximum absolute atomic E-state index is 5.68. The summed E-state index contributed by atoms with van der Waals surface area (Å²) in [7, 11) is 0. The Hall–Kier alpha value is -2.66. The number of rotatable bonds is 8. The molecule has 0 spiro atoms. The molecule has 37 heavy (non-hydrogen) atoms. The Morgan fingerprint density at radius 3 is 2.51 bits per heavy atom. The van der Waals surface area contributed by atoms with Gasteiger partial charge in [0.25, 0.3) is 0 Å². The second-order valence-electron chi connectivity index (χ2n) is 10.2. The minimum Gasteiger partial charge on any atom is -0.314 e. The lowest BCUT2D eigenvalue weighted by Crippen LogP contribution is -2.37. The fraction of sp³-hybridized carbons (Fsp3) is 0.355. The molecule has 2 heterocycles. The molecule has 0 radical (unpaired) electrons. The van der Waals surface area contributed by atoms with Crippen molar-refractivity contribution in [3.05, 3.63) is 106 Å². The van der Waals surface area contributed by atoms with Gasteiger partial charge in [-0.1, -0.05) is 66.5 Å². The maximum atomic E-state index is 5.68. The molecule has 1 fully saturated rings. The molecule has 2 N–H and O–H groups in total. The van der Waals surface area contributed by atoms with Gasteiger partial charge in [0, 0.05) is 35.6 Å². The van der Waals surface area contributed by atoms with Gasteiger partial charge in [0.2, 0.25) is 0 Å². The van der Waals surface area contributed by atoms with E-state index in [-0.39, 0.29) is 0 Å². The summed E-state index contributed by atoms with van der Waals surface area (Å²) in [6, 6.07) is 23.0. The lowest BCUT2D eigenvalue weighted by molar-refractivity contribution is 0.135. The van der Waals surface area contributed by atoms with E-state index in [1.807, 2.05) is 31.3 Å². The summed E-state index contributed by atoms with van der Waals surface area (Å²) in [5, 5.41) is 12.7. The van der Waals surface area contributed by atoms with Gasteiger partial charge in [-0.05, 0) is 92.9 Å². The zero-order chi connectivity index (χ0) is 26.2. The van der Waals surface area contributed by atoms with Crippen molar-refractivity contribution in [3.63, 3.8) is 0 Å². The smallest absolute Gasteiger partial charge is 0.0939 e. The highest BCUT2D eigenvalue weighted by atomic mass is 35.5. The molecule has 0 bridgehead atoms. The molecule has 1 saturated carbocycles. The van der Waals surface area contributed by atoms with E-state index in [1.54, 1.807) is 12.3 Å². The predicted molar refractivity (Wildman–Crippen MR) is 155 cm³/mol. The van der Waals surface area contributed by atoms with Crippen LogP contribution in [0.2, 0.25) is 10.0 Å². The lowest BCUT2D eigenvalue weighted by atomic mass is 9.63. The standard InChI is InChI=1S/C24H30N4.C7H6Cl2/c1-17(13-19-7-4-3-5-8-19)26-12-10-20-14-22(18(20)2)24-15-23(27-28-24)21-9-6-11-25-16-21;1-5-2-3-6(8)7(9)4-5/h3-9,11,15-18,20,22,26H,10,12-14H2,1-2H3,(H,27,28);2-4H,1H3. The normalized spacial score (nSPS) is 19.4. The summed E-state index contributed by atoms with van der Waals surface area (Å²) in [4.78, 5) is 4.19. The van der Waals surface area contributed by atoms with Crippen molar-refractivity contribution in [2.45, 2.75) is 52.0 Å². The van der Waals surface area contributed by atoms with Crippen LogP contribution in [0.25, 0.3) is 11.3 Å². The van der Waals surface area contributed by atoms with E-state index in [4.69, 9.17) is 23.2 Å². The minimum atomic E-state index is 0.517. The largest absolute Gasteiger partial charge is 0.314 e. The van der Waals surface area contributed by atoms with Gasteiger partial charge in [0.05, 0.1) is 15.7 Å². The zero-order valence-electron chi connectivity index (χ0n) is 21.8. The number of H-pyrrole nitrogens is 1. The van der Waals surface area contributed by atoms with Crippen LogP contribution < -0.4 is 5.32 Å². The monoisotopic (exact) mass is 534 g/mol. The third-order valence-corrected chi connectivity index (χ3v) is 8.10. The molecule has 4 atom stereocenters. The van der Waals surface area contributed by atoms with E-state index < -0.39 is 0 Å². The predicted octanol–water partition coefficient (Wildman–Crippen LogP) is 8.12. The molecule has 1 aliphatic rings. The fourth-order valence-corrected chi connectivity index (χ4v) is 5.38. The van der Waals surface area contributed by atoms with Crippen LogP contribution in [-0.4, -0.2) is 27.8 Å². The van der Waals surface area contributed by atoms with Crippen LogP contribution >= 0.6 is 23.2 Å². The summed E-state index contributed by atoms with van der Waals surface area (Å²) in [6.45, 7) is 7.74. The number of hydrogen-bond acceptors (Lipinski definition) is 3. The van der Waals surface area contributed by atoms with Crippen LogP contribution in [0.1, 0.15) is 49.4 Å². The van der Waals surface area contributed by atoms with Gasteiger partial charge in [-0.2, -0.15) is 5.10 Å². The Kier molecular flexibility index (Phi) is 9.79. The summed E-state index contributed by atoms with van der Waals surface area (Å²) < 4.78 is 0. The van der Waals surface area contributed by atoms with E-state index in [0.29, 0.717) is 27.9 Å². The number of aryl methyl sites for hydroxylation is 1. The van der Waals surface area contributed by atoms with Crippen molar-refractivity contribution in [1.82, 2.24) is 20.5 Å². The Morgan fingerprint density at radius 1 is 1.03 bits per heavy atom. The number of pyridine rings is 1. The maximum Gasteiger partial charge on any atom is 0.0939 e. The highest BCUT2D eigenvalue weighted by Crippen LogP contribution is 2.48. The van der Waals surface area contributed by atoms with Gasteiger partial charge in [0.15, 0.2) is 0 Å². The van der Waals surface area contributed by atoms with Gasteiger partial charge >= 0.3 is 0 Å². The average Bonchev–Trinajstić information content (AvgIpc) is 3.39. The lowest BCUT2D eigenvalue weighted by Gasteiger charge is -2.42. The van der Waals surface area contributed by atoms with E-state index in [9.17, 15) is 0 Å². The number of halogens is 2. The molecule has 4 aromatic rings. The van der Waals surface area contributed by atoms with E-state index in [1.165, 1.54) is 24.1 Å². The summed E-state index contributed by atoms with van der Waals surface area (Å²) in [5.41, 5.74) is 5.88. The third-order valence-electron chi connectivity index (χ3n) is 7.36. The Labute approximate surface area is 230 Å². The number of nitrogens with one attached hydrogen (secondary N) is 2. The number of benzene rings is 2. The number of hydrogen-bond donors (Lipinski definition) is 2. The van der Waals surface area contributed by atoms with Crippen LogP contribution in [0, 0.1) is 18.8 Å². The summed E-state index contributed by atoms with van der Waals surface area (Å²) in [5.74, 6) is 2.10. The molecule has 194 valence electrons. The van der Waals surface area contributed by atoms with Crippen LogP contribution in [0.15, 0.2) is 79.1 Å². The van der Waals surface area contributed by atoms with Crippen molar-refractivity contribution >= 4 is 23.2 Å². The van der Waals surface area contributed by atoms with Crippen LogP contribution in [0.3, 0.4) is 0 Å². The molecule has 0 amide bonds. The SMILES string of the molecule is CC(Cc1ccccc1)NCCC1CC(c2cc(-c3cccnc3)n[nH]2)C1C.Cc1ccc(Cl)c(Cl)c1. The van der Waals surface area contributed by atoms with Gasteiger partial charge < -0.3 is 5.32 Å². The summed E-state index contributed by atoms with van der Waals surface area (Å²) >= 11 is 11.3. The van der Waals surface area contributed by atoms with Crippen molar-refractivity contribution in [2.24, 2.45) is 11.8 Å². The molecular formula is C31H36Cl2N4. The van der Waals surface area contributed by atoms with Crippen LogP contribution in [0.5, 0.6) is 0 Å². The van der Waals surface area contributed by atoms with E-state index >= 15 is 0 Å². The molecular weight excluding hydrogens is 499 g/mol. The second-order valence-corrected chi connectivity index (χ2v) is 11.0.